The first-order valence-corrected chi connectivity index (χ1v) is 9.67. The molecule has 0 radical (unpaired) electrons. The van der Waals surface area contributed by atoms with E-state index in [-0.39, 0.29) is 17.9 Å². The van der Waals surface area contributed by atoms with E-state index >= 15 is 0 Å². The van der Waals surface area contributed by atoms with Gasteiger partial charge in [-0.15, -0.1) is 0 Å². The maximum absolute atomic E-state index is 12.7. The van der Waals surface area contributed by atoms with Crippen molar-refractivity contribution in [1.82, 2.24) is 14.3 Å². The zero-order valence-corrected chi connectivity index (χ0v) is 14.6. The maximum Gasteiger partial charge on any atom is 0.316 e. The Kier molecular flexibility index (Phi) is 5.33. The molecule has 2 heterocycles. The van der Waals surface area contributed by atoms with Gasteiger partial charge in [-0.05, 0) is 36.6 Å². The van der Waals surface area contributed by atoms with Gasteiger partial charge < -0.3 is 4.74 Å². The smallest absolute Gasteiger partial charge is 0.316 e. The molecule has 8 heteroatoms. The summed E-state index contributed by atoms with van der Waals surface area (Å²) in [6.07, 6.45) is 4.47. The number of piperidine rings is 1. The molecule has 1 aliphatic heterocycles. The molecular formula is C16H18ClN3O3S. The molecule has 6 nitrogen and oxygen atoms in total. The second kappa shape index (κ2) is 7.46. The first kappa shape index (κ1) is 17.1. The highest BCUT2D eigenvalue weighted by molar-refractivity contribution is 7.88. The van der Waals surface area contributed by atoms with Gasteiger partial charge in [0.05, 0.1) is 12.3 Å². The molecular weight excluding hydrogens is 350 g/mol. The molecule has 1 aromatic heterocycles. The van der Waals surface area contributed by atoms with Crippen molar-refractivity contribution < 1.29 is 13.2 Å². The van der Waals surface area contributed by atoms with Crippen LogP contribution in [0.5, 0.6) is 6.01 Å². The molecule has 1 aromatic carbocycles. The number of benzene rings is 1. The number of hydrogen-bond donors (Lipinski definition) is 0. The number of sulfonamides is 1. The van der Waals surface area contributed by atoms with Crippen LogP contribution in [0, 0.1) is 0 Å². The maximum atomic E-state index is 12.7. The molecule has 2 aromatic rings. The topological polar surface area (TPSA) is 72.4 Å². The highest BCUT2D eigenvalue weighted by atomic mass is 35.5. The van der Waals surface area contributed by atoms with E-state index in [1.54, 1.807) is 42.7 Å². The van der Waals surface area contributed by atoms with Gasteiger partial charge in [-0.3, -0.25) is 0 Å². The molecule has 0 N–H and O–H groups in total. The van der Waals surface area contributed by atoms with E-state index < -0.39 is 10.0 Å². The Morgan fingerprint density at radius 1 is 1.25 bits per heavy atom. The van der Waals surface area contributed by atoms with Crippen LogP contribution in [0.2, 0.25) is 5.02 Å². The fraction of sp³-hybridized carbons (Fsp3) is 0.375. The Bertz CT molecular complexity index is 786. The van der Waals surface area contributed by atoms with E-state index in [0.717, 1.165) is 12.8 Å². The molecule has 0 spiro atoms. The molecule has 1 saturated heterocycles. The van der Waals surface area contributed by atoms with Crippen LogP contribution in [0.1, 0.15) is 18.4 Å². The van der Waals surface area contributed by atoms with Gasteiger partial charge in [0.2, 0.25) is 10.0 Å². The summed E-state index contributed by atoms with van der Waals surface area (Å²) in [5.41, 5.74) is 0.678. The number of aromatic nitrogens is 2. The van der Waals surface area contributed by atoms with Crippen LogP contribution >= 0.6 is 11.6 Å². The monoisotopic (exact) mass is 367 g/mol. The second-order valence-electron chi connectivity index (χ2n) is 5.66. The number of rotatable bonds is 5. The fourth-order valence-electron chi connectivity index (χ4n) is 2.68. The zero-order valence-electron chi connectivity index (χ0n) is 13.0. The second-order valence-corrected chi connectivity index (χ2v) is 8.06. The first-order chi connectivity index (χ1) is 11.5. The minimum absolute atomic E-state index is 0.0673. The fourth-order valence-corrected chi connectivity index (χ4v) is 4.47. The largest absolute Gasteiger partial charge is 0.459 e. The lowest BCUT2D eigenvalue weighted by molar-refractivity contribution is 0.119. The molecule has 0 amide bonds. The van der Waals surface area contributed by atoms with Crippen molar-refractivity contribution in [2.75, 3.05) is 13.1 Å². The average molecular weight is 368 g/mol. The van der Waals surface area contributed by atoms with Crippen LogP contribution < -0.4 is 4.74 Å². The zero-order chi connectivity index (χ0) is 17.0. The van der Waals surface area contributed by atoms with Gasteiger partial charge >= 0.3 is 6.01 Å². The van der Waals surface area contributed by atoms with Gasteiger partial charge in [0.15, 0.2) is 0 Å². The van der Waals surface area contributed by atoms with Crippen molar-refractivity contribution in [3.05, 3.63) is 53.3 Å². The SMILES string of the molecule is O=S(=O)(Cc1cccc(Cl)c1)N1CCCC(Oc2ncccn2)C1. The van der Waals surface area contributed by atoms with Gasteiger partial charge in [0.1, 0.15) is 6.10 Å². The molecule has 128 valence electrons. The van der Waals surface area contributed by atoms with E-state index in [1.165, 1.54) is 4.31 Å². The van der Waals surface area contributed by atoms with E-state index in [0.29, 0.717) is 23.7 Å². The normalized spacial score (nSPS) is 19.1. The molecule has 1 fully saturated rings. The summed E-state index contributed by atoms with van der Waals surface area (Å²) < 4.78 is 32.5. The van der Waals surface area contributed by atoms with Gasteiger partial charge in [0, 0.05) is 24.0 Å². The highest BCUT2D eigenvalue weighted by Crippen LogP contribution is 2.21. The van der Waals surface area contributed by atoms with Crippen LogP contribution in [0.4, 0.5) is 0 Å². The van der Waals surface area contributed by atoms with Gasteiger partial charge in [-0.1, -0.05) is 23.7 Å². The van der Waals surface area contributed by atoms with Crippen molar-refractivity contribution >= 4 is 21.6 Å². The minimum atomic E-state index is -3.42. The predicted octanol–water partition coefficient (Wildman–Crippen LogP) is 2.50. The van der Waals surface area contributed by atoms with Crippen molar-refractivity contribution in [3.63, 3.8) is 0 Å². The Hall–Kier alpha value is -1.70. The van der Waals surface area contributed by atoms with E-state index in [4.69, 9.17) is 16.3 Å². The highest BCUT2D eigenvalue weighted by Gasteiger charge is 2.30. The number of hydrogen-bond acceptors (Lipinski definition) is 5. The summed E-state index contributed by atoms with van der Waals surface area (Å²) in [7, 11) is -3.42. The molecule has 0 aliphatic carbocycles. The lowest BCUT2D eigenvalue weighted by Crippen LogP contribution is -2.44. The molecule has 0 saturated carbocycles. The third-order valence-electron chi connectivity index (χ3n) is 3.79. The third kappa shape index (κ3) is 4.43. The standard InChI is InChI=1S/C16H18ClN3O3S/c17-14-5-1-4-13(10-14)12-24(21,22)20-9-2-6-15(11-20)23-16-18-7-3-8-19-16/h1,3-5,7-8,10,15H,2,6,9,11-12H2. The van der Waals surface area contributed by atoms with E-state index in [9.17, 15) is 8.42 Å². The number of halogens is 1. The van der Waals surface area contributed by atoms with Gasteiger partial charge in [-0.2, -0.15) is 4.31 Å². The van der Waals surface area contributed by atoms with Crippen molar-refractivity contribution in [1.29, 1.82) is 0 Å². The van der Waals surface area contributed by atoms with Gasteiger partial charge in [-0.25, -0.2) is 18.4 Å². The first-order valence-electron chi connectivity index (χ1n) is 7.69. The van der Waals surface area contributed by atoms with E-state index in [1.807, 2.05) is 0 Å². The lowest BCUT2D eigenvalue weighted by Gasteiger charge is -2.31. The number of ether oxygens (including phenoxy) is 1. The molecule has 0 bridgehead atoms. The Balaban J connectivity index is 1.67. The van der Waals surface area contributed by atoms with Crippen LogP contribution in [0.15, 0.2) is 42.7 Å². The summed E-state index contributed by atoms with van der Waals surface area (Å²) in [6, 6.07) is 8.89. The summed E-state index contributed by atoms with van der Waals surface area (Å²) in [5.74, 6) is -0.0673. The summed E-state index contributed by atoms with van der Waals surface area (Å²) >= 11 is 5.93. The van der Waals surface area contributed by atoms with Crippen LogP contribution in [0.25, 0.3) is 0 Å². The lowest BCUT2D eigenvalue weighted by atomic mass is 10.1. The summed E-state index contributed by atoms with van der Waals surface area (Å²) in [5, 5.41) is 0.531. The van der Waals surface area contributed by atoms with Gasteiger partial charge in [0.25, 0.3) is 0 Å². The minimum Gasteiger partial charge on any atom is -0.459 e. The van der Waals surface area contributed by atoms with Crippen molar-refractivity contribution in [2.45, 2.75) is 24.7 Å². The van der Waals surface area contributed by atoms with E-state index in [2.05, 4.69) is 9.97 Å². The van der Waals surface area contributed by atoms with Crippen LogP contribution in [0.3, 0.4) is 0 Å². The van der Waals surface area contributed by atoms with Crippen LogP contribution in [-0.4, -0.2) is 41.9 Å². The molecule has 24 heavy (non-hydrogen) atoms. The third-order valence-corrected chi connectivity index (χ3v) is 5.84. The predicted molar refractivity (Wildman–Crippen MR) is 91.3 cm³/mol. The Morgan fingerprint density at radius 3 is 2.79 bits per heavy atom. The Morgan fingerprint density at radius 2 is 2.04 bits per heavy atom. The van der Waals surface area contributed by atoms with Crippen LogP contribution in [-0.2, 0) is 15.8 Å². The average Bonchev–Trinajstić information content (AvgIpc) is 2.56. The summed E-state index contributed by atoms with van der Waals surface area (Å²) in [6.45, 7) is 0.805. The Labute approximate surface area is 146 Å². The molecule has 1 atom stereocenters. The van der Waals surface area contributed by atoms with Crippen molar-refractivity contribution in [2.24, 2.45) is 0 Å². The quantitative estimate of drug-likeness (QED) is 0.811. The molecule has 3 rings (SSSR count). The summed E-state index contributed by atoms with van der Waals surface area (Å²) in [4.78, 5) is 8.04. The van der Waals surface area contributed by atoms with Crippen molar-refractivity contribution in [3.8, 4) is 6.01 Å². The molecule has 1 aliphatic rings. The molecule has 1 unspecified atom stereocenters. The number of nitrogens with zero attached hydrogens (tertiary/aromatic N) is 3.